The summed E-state index contributed by atoms with van der Waals surface area (Å²) in [6, 6.07) is 0.698. The molecule has 0 bridgehead atoms. The zero-order valence-corrected chi connectivity index (χ0v) is 8.43. The zero-order valence-electron chi connectivity index (χ0n) is 8.43. The molecular weight excluding hydrogens is 150 g/mol. The normalized spacial score (nSPS) is 23.0. The van der Waals surface area contributed by atoms with Gasteiger partial charge in [0.1, 0.15) is 0 Å². The van der Waals surface area contributed by atoms with E-state index in [0.29, 0.717) is 6.04 Å². The van der Waals surface area contributed by atoms with Crippen LogP contribution in [0.5, 0.6) is 0 Å². The lowest BCUT2D eigenvalue weighted by atomic mass is 10.0. The molecule has 1 fully saturated rings. The molecule has 0 spiro atoms. The molecule has 0 aromatic rings. The monoisotopic (exact) mass is 171 g/mol. The molecule has 0 atom stereocenters. The van der Waals surface area contributed by atoms with Gasteiger partial charge >= 0.3 is 0 Å². The van der Waals surface area contributed by atoms with Crippen molar-refractivity contribution in [1.29, 1.82) is 0 Å². The van der Waals surface area contributed by atoms with Gasteiger partial charge in [-0.15, -0.1) is 0 Å². The smallest absolute Gasteiger partial charge is 0.0629 e. The highest BCUT2D eigenvalue weighted by molar-refractivity contribution is 4.82. The van der Waals surface area contributed by atoms with Crippen molar-refractivity contribution < 1.29 is 0 Å². The second-order valence-electron chi connectivity index (χ2n) is 4.20. The minimum absolute atomic E-state index is 0.140. The maximum Gasteiger partial charge on any atom is 0.0629 e. The van der Waals surface area contributed by atoms with E-state index in [9.17, 15) is 0 Å². The van der Waals surface area contributed by atoms with E-state index < -0.39 is 0 Å². The first-order valence-electron chi connectivity index (χ1n) is 4.75. The molecule has 1 aliphatic rings. The fourth-order valence-corrected chi connectivity index (χ4v) is 1.74. The van der Waals surface area contributed by atoms with Crippen LogP contribution in [0.15, 0.2) is 0 Å². The van der Waals surface area contributed by atoms with Gasteiger partial charge in [-0.2, -0.15) is 0 Å². The van der Waals surface area contributed by atoms with E-state index in [1.54, 1.807) is 0 Å². The van der Waals surface area contributed by atoms with Crippen LogP contribution in [0.25, 0.3) is 0 Å². The number of hydrogen-bond acceptors (Lipinski definition) is 3. The second kappa shape index (κ2) is 3.73. The van der Waals surface area contributed by atoms with E-state index in [1.807, 2.05) is 7.05 Å². The first-order valence-corrected chi connectivity index (χ1v) is 4.75. The van der Waals surface area contributed by atoms with Crippen LogP contribution >= 0.6 is 0 Å². The Hall–Kier alpha value is -0.120. The number of rotatable bonds is 2. The molecule has 0 aromatic carbocycles. The minimum Gasteiger partial charge on any atom is -0.317 e. The Kier molecular flexibility index (Phi) is 3.09. The summed E-state index contributed by atoms with van der Waals surface area (Å²) in [7, 11) is 2.04. The molecule has 0 saturated carbocycles. The lowest BCUT2D eigenvalue weighted by Gasteiger charge is -2.40. The summed E-state index contributed by atoms with van der Waals surface area (Å²) in [5.74, 6) is 0. The Morgan fingerprint density at radius 1 is 1.33 bits per heavy atom. The van der Waals surface area contributed by atoms with Gasteiger partial charge in [-0.25, -0.2) is 0 Å². The van der Waals surface area contributed by atoms with Crippen molar-refractivity contribution in [1.82, 2.24) is 10.2 Å². The highest BCUT2D eigenvalue weighted by Gasteiger charge is 2.26. The first kappa shape index (κ1) is 9.96. The fourth-order valence-electron chi connectivity index (χ4n) is 1.74. The van der Waals surface area contributed by atoms with Gasteiger partial charge in [-0.05, 0) is 33.7 Å². The fraction of sp³-hybridized carbons (Fsp3) is 1.00. The Bertz CT molecular complexity index is 131. The summed E-state index contributed by atoms with van der Waals surface area (Å²) in [5, 5.41) is 3.31. The third-order valence-electron chi connectivity index (χ3n) is 2.72. The molecule has 12 heavy (non-hydrogen) atoms. The van der Waals surface area contributed by atoms with Gasteiger partial charge in [-0.1, -0.05) is 0 Å². The summed E-state index contributed by atoms with van der Waals surface area (Å²) in [5.41, 5.74) is 5.86. The maximum absolute atomic E-state index is 6.00. The Morgan fingerprint density at radius 3 is 2.17 bits per heavy atom. The second-order valence-corrected chi connectivity index (χ2v) is 4.20. The largest absolute Gasteiger partial charge is 0.317 e. The number of nitrogens with one attached hydrogen (secondary N) is 1. The molecule has 0 amide bonds. The summed E-state index contributed by atoms with van der Waals surface area (Å²) in [4.78, 5) is 2.35. The van der Waals surface area contributed by atoms with E-state index in [1.165, 1.54) is 12.8 Å². The van der Waals surface area contributed by atoms with Gasteiger partial charge in [0.05, 0.1) is 5.66 Å². The molecule has 0 unspecified atom stereocenters. The Morgan fingerprint density at radius 2 is 1.83 bits per heavy atom. The number of piperidine rings is 1. The summed E-state index contributed by atoms with van der Waals surface area (Å²) in [6.45, 7) is 6.39. The molecular formula is C9H21N3. The zero-order chi connectivity index (χ0) is 9.19. The highest BCUT2D eigenvalue weighted by Crippen LogP contribution is 2.16. The van der Waals surface area contributed by atoms with E-state index in [-0.39, 0.29) is 5.66 Å². The average molecular weight is 171 g/mol. The number of nitrogens with two attached hydrogens (primary N) is 1. The van der Waals surface area contributed by atoms with Crippen LogP contribution in [0.2, 0.25) is 0 Å². The average Bonchev–Trinajstić information content (AvgIpc) is 2.03. The minimum atomic E-state index is -0.140. The maximum atomic E-state index is 6.00. The molecule has 3 heteroatoms. The van der Waals surface area contributed by atoms with Crippen LogP contribution in [0.4, 0.5) is 0 Å². The van der Waals surface area contributed by atoms with Crippen molar-refractivity contribution in [2.24, 2.45) is 5.73 Å². The standard InChI is InChI=1S/C9H21N3/c1-9(2,10)12-6-4-8(11-3)5-7-12/h8,11H,4-7,10H2,1-3H3. The van der Waals surface area contributed by atoms with Crippen LogP contribution in [-0.4, -0.2) is 36.7 Å². The first-order chi connectivity index (χ1) is 5.54. The van der Waals surface area contributed by atoms with Gasteiger partial charge in [0, 0.05) is 19.1 Å². The van der Waals surface area contributed by atoms with Crippen molar-refractivity contribution in [2.75, 3.05) is 20.1 Å². The molecule has 0 aliphatic carbocycles. The van der Waals surface area contributed by atoms with Crippen LogP contribution in [0.3, 0.4) is 0 Å². The van der Waals surface area contributed by atoms with Crippen LogP contribution < -0.4 is 11.1 Å². The Labute approximate surface area is 75.3 Å². The van der Waals surface area contributed by atoms with Gasteiger partial charge in [0.25, 0.3) is 0 Å². The van der Waals surface area contributed by atoms with Crippen molar-refractivity contribution in [3.05, 3.63) is 0 Å². The van der Waals surface area contributed by atoms with Crippen LogP contribution in [-0.2, 0) is 0 Å². The SMILES string of the molecule is CNC1CCN(C(C)(C)N)CC1. The molecule has 1 saturated heterocycles. The predicted molar refractivity (Wildman–Crippen MR) is 51.9 cm³/mol. The third-order valence-corrected chi connectivity index (χ3v) is 2.72. The van der Waals surface area contributed by atoms with E-state index in [0.717, 1.165) is 13.1 Å². The number of likely N-dealkylation sites (tertiary alicyclic amines) is 1. The molecule has 72 valence electrons. The van der Waals surface area contributed by atoms with Crippen LogP contribution in [0, 0.1) is 0 Å². The topological polar surface area (TPSA) is 41.3 Å². The molecule has 3 nitrogen and oxygen atoms in total. The Balaban J connectivity index is 2.36. The molecule has 1 heterocycles. The van der Waals surface area contributed by atoms with Gasteiger partial charge in [0.15, 0.2) is 0 Å². The van der Waals surface area contributed by atoms with Gasteiger partial charge in [0.2, 0.25) is 0 Å². The lowest BCUT2D eigenvalue weighted by molar-refractivity contribution is 0.0890. The van der Waals surface area contributed by atoms with Crippen molar-refractivity contribution in [3.8, 4) is 0 Å². The van der Waals surface area contributed by atoms with Crippen LogP contribution in [0.1, 0.15) is 26.7 Å². The van der Waals surface area contributed by atoms with E-state index in [2.05, 4.69) is 24.1 Å². The summed E-state index contributed by atoms with van der Waals surface area (Å²) >= 11 is 0. The summed E-state index contributed by atoms with van der Waals surface area (Å²) < 4.78 is 0. The molecule has 1 aliphatic heterocycles. The van der Waals surface area contributed by atoms with Crippen molar-refractivity contribution >= 4 is 0 Å². The molecule has 1 rings (SSSR count). The molecule has 3 N–H and O–H groups in total. The van der Waals surface area contributed by atoms with Crippen molar-refractivity contribution in [3.63, 3.8) is 0 Å². The van der Waals surface area contributed by atoms with E-state index in [4.69, 9.17) is 5.73 Å². The quantitative estimate of drug-likeness (QED) is 0.630. The number of nitrogens with zero attached hydrogens (tertiary/aromatic N) is 1. The number of hydrogen-bond donors (Lipinski definition) is 2. The summed E-state index contributed by atoms with van der Waals surface area (Å²) in [6.07, 6.45) is 2.44. The molecule has 0 radical (unpaired) electrons. The third kappa shape index (κ3) is 2.44. The molecule has 0 aromatic heterocycles. The van der Waals surface area contributed by atoms with Crippen molar-refractivity contribution in [2.45, 2.75) is 38.4 Å². The van der Waals surface area contributed by atoms with Gasteiger partial charge in [-0.3, -0.25) is 4.90 Å². The van der Waals surface area contributed by atoms with E-state index >= 15 is 0 Å². The predicted octanol–water partition coefficient (Wildman–Crippen LogP) is 0.365. The highest BCUT2D eigenvalue weighted by atomic mass is 15.3. The van der Waals surface area contributed by atoms with Gasteiger partial charge < -0.3 is 11.1 Å². The lowest BCUT2D eigenvalue weighted by Crippen LogP contribution is -2.55.